The van der Waals surface area contributed by atoms with Crippen molar-refractivity contribution in [2.24, 2.45) is 5.92 Å². The molecule has 1 aromatic heterocycles. The molecule has 0 aliphatic carbocycles. The summed E-state index contributed by atoms with van der Waals surface area (Å²) in [4.78, 5) is 0. The second-order valence-corrected chi connectivity index (χ2v) is 3.08. The third-order valence-corrected chi connectivity index (χ3v) is 2.19. The topological polar surface area (TPSA) is 29.9 Å². The van der Waals surface area contributed by atoms with E-state index in [1.54, 1.807) is 0 Å². The SMILES string of the molecule is c1cnn(CCC2CNC2)c1. The van der Waals surface area contributed by atoms with E-state index in [0.29, 0.717) is 0 Å². The van der Waals surface area contributed by atoms with E-state index in [1.807, 2.05) is 23.1 Å². The summed E-state index contributed by atoms with van der Waals surface area (Å²) in [5, 5.41) is 7.40. The Morgan fingerprint density at radius 2 is 2.45 bits per heavy atom. The lowest BCUT2D eigenvalue weighted by molar-refractivity contribution is 0.307. The maximum absolute atomic E-state index is 4.14. The molecule has 0 spiro atoms. The Labute approximate surface area is 66.4 Å². The van der Waals surface area contributed by atoms with Crippen LogP contribution in [0.15, 0.2) is 18.5 Å². The fraction of sp³-hybridized carbons (Fsp3) is 0.625. The molecule has 1 aromatic rings. The number of hydrogen-bond donors (Lipinski definition) is 1. The van der Waals surface area contributed by atoms with Gasteiger partial charge in [0.15, 0.2) is 0 Å². The molecule has 1 aliphatic rings. The molecule has 0 amide bonds. The van der Waals surface area contributed by atoms with Crippen molar-refractivity contribution in [1.29, 1.82) is 0 Å². The smallest absolute Gasteiger partial charge is 0.0489 e. The molecular weight excluding hydrogens is 138 g/mol. The maximum atomic E-state index is 4.14. The predicted molar refractivity (Wildman–Crippen MR) is 43.2 cm³/mol. The fourth-order valence-electron chi connectivity index (χ4n) is 1.30. The zero-order valence-electron chi connectivity index (χ0n) is 6.53. The largest absolute Gasteiger partial charge is 0.316 e. The first-order valence-corrected chi connectivity index (χ1v) is 4.13. The highest BCUT2D eigenvalue weighted by Gasteiger charge is 2.15. The monoisotopic (exact) mass is 151 g/mol. The quantitative estimate of drug-likeness (QED) is 0.681. The van der Waals surface area contributed by atoms with Gasteiger partial charge in [0.2, 0.25) is 0 Å². The lowest BCUT2D eigenvalue weighted by Gasteiger charge is -2.26. The van der Waals surface area contributed by atoms with Gasteiger partial charge in [-0.05, 0) is 31.5 Å². The summed E-state index contributed by atoms with van der Waals surface area (Å²) in [6, 6.07) is 1.97. The van der Waals surface area contributed by atoms with Crippen LogP contribution in [-0.4, -0.2) is 22.9 Å². The van der Waals surface area contributed by atoms with Gasteiger partial charge < -0.3 is 5.32 Å². The van der Waals surface area contributed by atoms with Crippen LogP contribution in [0.5, 0.6) is 0 Å². The average Bonchev–Trinajstić information content (AvgIpc) is 2.36. The maximum Gasteiger partial charge on any atom is 0.0489 e. The molecule has 2 heterocycles. The third-order valence-electron chi connectivity index (χ3n) is 2.19. The van der Waals surface area contributed by atoms with E-state index in [0.717, 1.165) is 12.5 Å². The lowest BCUT2D eigenvalue weighted by Crippen LogP contribution is -2.42. The number of aromatic nitrogens is 2. The Bertz CT molecular complexity index is 201. The second-order valence-electron chi connectivity index (χ2n) is 3.08. The first-order valence-electron chi connectivity index (χ1n) is 4.13. The van der Waals surface area contributed by atoms with Crippen molar-refractivity contribution in [1.82, 2.24) is 15.1 Å². The molecule has 11 heavy (non-hydrogen) atoms. The summed E-state index contributed by atoms with van der Waals surface area (Å²) in [5.41, 5.74) is 0. The molecule has 3 nitrogen and oxygen atoms in total. The lowest BCUT2D eigenvalue weighted by atomic mass is 10.00. The first-order chi connectivity index (χ1) is 5.45. The van der Waals surface area contributed by atoms with Crippen molar-refractivity contribution in [3.8, 4) is 0 Å². The van der Waals surface area contributed by atoms with Gasteiger partial charge in [-0.25, -0.2) is 0 Å². The summed E-state index contributed by atoms with van der Waals surface area (Å²) < 4.78 is 2.00. The molecule has 0 bridgehead atoms. The van der Waals surface area contributed by atoms with Crippen molar-refractivity contribution in [3.05, 3.63) is 18.5 Å². The molecule has 1 fully saturated rings. The van der Waals surface area contributed by atoms with E-state index < -0.39 is 0 Å². The number of hydrogen-bond acceptors (Lipinski definition) is 2. The summed E-state index contributed by atoms with van der Waals surface area (Å²) in [7, 11) is 0. The summed E-state index contributed by atoms with van der Waals surface area (Å²) in [5.74, 6) is 0.888. The van der Waals surface area contributed by atoms with Crippen molar-refractivity contribution in [2.75, 3.05) is 13.1 Å². The Kier molecular flexibility index (Phi) is 1.90. The molecule has 3 heteroatoms. The number of nitrogens with one attached hydrogen (secondary N) is 1. The van der Waals surface area contributed by atoms with Crippen LogP contribution in [-0.2, 0) is 6.54 Å². The number of nitrogens with zero attached hydrogens (tertiary/aromatic N) is 2. The van der Waals surface area contributed by atoms with Gasteiger partial charge in [0.1, 0.15) is 0 Å². The predicted octanol–water partition coefficient (Wildman–Crippen LogP) is 0.493. The highest BCUT2D eigenvalue weighted by Crippen LogP contribution is 2.08. The van der Waals surface area contributed by atoms with Crippen LogP contribution in [0.2, 0.25) is 0 Å². The van der Waals surface area contributed by atoms with Gasteiger partial charge in [0.05, 0.1) is 0 Å². The zero-order valence-corrected chi connectivity index (χ0v) is 6.53. The minimum absolute atomic E-state index is 0.888. The summed E-state index contributed by atoms with van der Waals surface area (Å²) in [6.45, 7) is 3.46. The van der Waals surface area contributed by atoms with Crippen LogP contribution in [0.1, 0.15) is 6.42 Å². The van der Waals surface area contributed by atoms with Gasteiger partial charge in [0, 0.05) is 18.9 Å². The van der Waals surface area contributed by atoms with Gasteiger partial charge in [-0.1, -0.05) is 0 Å². The Morgan fingerprint density at radius 1 is 1.55 bits per heavy atom. The molecule has 1 saturated heterocycles. The fourth-order valence-corrected chi connectivity index (χ4v) is 1.30. The summed E-state index contributed by atoms with van der Waals surface area (Å²) >= 11 is 0. The minimum Gasteiger partial charge on any atom is -0.316 e. The van der Waals surface area contributed by atoms with Gasteiger partial charge in [0.25, 0.3) is 0 Å². The van der Waals surface area contributed by atoms with Gasteiger partial charge in [-0.3, -0.25) is 4.68 Å². The van der Waals surface area contributed by atoms with E-state index >= 15 is 0 Å². The zero-order chi connectivity index (χ0) is 7.52. The molecule has 0 aromatic carbocycles. The molecular formula is C8H13N3. The highest BCUT2D eigenvalue weighted by atomic mass is 15.3. The number of rotatable bonds is 3. The van der Waals surface area contributed by atoms with Crippen molar-refractivity contribution < 1.29 is 0 Å². The molecule has 2 rings (SSSR count). The highest BCUT2D eigenvalue weighted by molar-refractivity contribution is 4.79. The molecule has 0 atom stereocenters. The second kappa shape index (κ2) is 3.05. The van der Waals surface area contributed by atoms with Crippen LogP contribution in [0.4, 0.5) is 0 Å². The summed E-state index contributed by atoms with van der Waals surface area (Å²) in [6.07, 6.45) is 5.11. The molecule has 60 valence electrons. The van der Waals surface area contributed by atoms with E-state index in [1.165, 1.54) is 19.5 Å². The molecule has 0 unspecified atom stereocenters. The third kappa shape index (κ3) is 1.60. The van der Waals surface area contributed by atoms with Crippen LogP contribution in [0, 0.1) is 5.92 Å². The van der Waals surface area contributed by atoms with Crippen LogP contribution < -0.4 is 5.32 Å². The van der Waals surface area contributed by atoms with E-state index in [-0.39, 0.29) is 0 Å². The van der Waals surface area contributed by atoms with Gasteiger partial charge in [-0.15, -0.1) is 0 Å². The van der Waals surface area contributed by atoms with Crippen LogP contribution in [0.3, 0.4) is 0 Å². The van der Waals surface area contributed by atoms with Gasteiger partial charge >= 0.3 is 0 Å². The molecule has 0 saturated carbocycles. The van der Waals surface area contributed by atoms with Crippen molar-refractivity contribution in [3.63, 3.8) is 0 Å². The molecule has 0 radical (unpaired) electrons. The standard InChI is InChI=1S/C8H13N3/c1-3-10-11(4-1)5-2-8-6-9-7-8/h1,3-4,8-9H,2,5-7H2. The normalized spacial score (nSPS) is 18.2. The Hall–Kier alpha value is -0.830. The van der Waals surface area contributed by atoms with E-state index in [2.05, 4.69) is 10.4 Å². The van der Waals surface area contributed by atoms with Crippen LogP contribution in [0.25, 0.3) is 0 Å². The Morgan fingerprint density at radius 3 is 3.00 bits per heavy atom. The van der Waals surface area contributed by atoms with Crippen molar-refractivity contribution in [2.45, 2.75) is 13.0 Å². The first kappa shape index (κ1) is 6.85. The van der Waals surface area contributed by atoms with Gasteiger partial charge in [-0.2, -0.15) is 5.10 Å². The minimum atomic E-state index is 0.888. The molecule has 1 aliphatic heterocycles. The van der Waals surface area contributed by atoms with E-state index in [4.69, 9.17) is 0 Å². The van der Waals surface area contributed by atoms with E-state index in [9.17, 15) is 0 Å². The molecule has 1 N–H and O–H groups in total. The average molecular weight is 151 g/mol. The number of aryl methyl sites for hydroxylation is 1. The Balaban J connectivity index is 1.74. The van der Waals surface area contributed by atoms with Crippen molar-refractivity contribution >= 4 is 0 Å². The van der Waals surface area contributed by atoms with Crippen LogP contribution >= 0.6 is 0 Å².